The molecule has 14 heavy (non-hydrogen) atoms. The third-order valence-corrected chi connectivity index (χ3v) is 2.78. The Hall–Kier alpha value is -0.830. The number of benzene rings is 1. The zero-order chi connectivity index (χ0) is 10.1. The molecule has 4 heteroatoms. The lowest BCUT2D eigenvalue weighted by Gasteiger charge is -2.06. The topological polar surface area (TPSA) is 33.1 Å². The van der Waals surface area contributed by atoms with E-state index >= 15 is 0 Å². The van der Waals surface area contributed by atoms with Crippen molar-refractivity contribution >= 4 is 34.1 Å². The van der Waals surface area contributed by atoms with Gasteiger partial charge in [-0.3, -0.25) is 0 Å². The molecule has 1 N–H and O–H groups in total. The smallest absolute Gasteiger partial charge is 0.136 e. The third kappa shape index (κ3) is 1.46. The molecule has 0 saturated carbocycles. The summed E-state index contributed by atoms with van der Waals surface area (Å²) in [6.07, 6.45) is 0. The van der Waals surface area contributed by atoms with Crippen molar-refractivity contribution in [2.24, 2.45) is 0 Å². The van der Waals surface area contributed by atoms with Crippen molar-refractivity contribution in [3.05, 3.63) is 40.0 Å². The minimum atomic E-state index is -0.199. The van der Waals surface area contributed by atoms with E-state index in [1.165, 1.54) is 0 Å². The highest BCUT2D eigenvalue weighted by Gasteiger charge is 2.10. The summed E-state index contributed by atoms with van der Waals surface area (Å²) in [6, 6.07) is 7.40. The summed E-state index contributed by atoms with van der Waals surface area (Å²) < 4.78 is 0. The molecule has 1 aromatic heterocycles. The molecular formula is C10H7Cl2NO. The highest BCUT2D eigenvalue weighted by atomic mass is 35.5. The van der Waals surface area contributed by atoms with Gasteiger partial charge in [-0.25, -0.2) is 4.98 Å². The SMILES string of the molecule is OCc1c(Cl)nc2ccccc2c1Cl. The molecule has 0 aliphatic rings. The van der Waals surface area contributed by atoms with Gasteiger partial charge in [0.05, 0.1) is 17.1 Å². The number of para-hydroxylation sites is 1. The van der Waals surface area contributed by atoms with Crippen molar-refractivity contribution in [1.82, 2.24) is 4.98 Å². The molecular weight excluding hydrogens is 221 g/mol. The highest BCUT2D eigenvalue weighted by Crippen LogP contribution is 2.30. The molecule has 0 spiro atoms. The van der Waals surface area contributed by atoms with E-state index in [0.717, 1.165) is 10.9 Å². The lowest BCUT2D eigenvalue weighted by Crippen LogP contribution is -1.92. The van der Waals surface area contributed by atoms with Crippen LogP contribution in [-0.2, 0) is 6.61 Å². The highest BCUT2D eigenvalue weighted by molar-refractivity contribution is 6.39. The zero-order valence-electron chi connectivity index (χ0n) is 7.17. The van der Waals surface area contributed by atoms with Crippen molar-refractivity contribution in [3.8, 4) is 0 Å². The number of rotatable bonds is 1. The Bertz CT molecular complexity index is 485. The monoisotopic (exact) mass is 227 g/mol. The van der Waals surface area contributed by atoms with E-state index in [0.29, 0.717) is 10.6 Å². The van der Waals surface area contributed by atoms with E-state index in [4.69, 9.17) is 28.3 Å². The van der Waals surface area contributed by atoms with Gasteiger partial charge in [-0.15, -0.1) is 0 Å². The van der Waals surface area contributed by atoms with Crippen LogP contribution < -0.4 is 0 Å². The fourth-order valence-corrected chi connectivity index (χ4v) is 1.92. The molecule has 0 saturated heterocycles. The first-order valence-corrected chi connectivity index (χ1v) is 4.83. The number of hydrogen-bond acceptors (Lipinski definition) is 2. The first kappa shape index (κ1) is 9.71. The second kappa shape index (κ2) is 3.73. The van der Waals surface area contributed by atoms with Gasteiger partial charge in [0.1, 0.15) is 5.15 Å². The maximum atomic E-state index is 9.05. The van der Waals surface area contributed by atoms with Gasteiger partial charge >= 0.3 is 0 Å². The summed E-state index contributed by atoms with van der Waals surface area (Å²) >= 11 is 11.9. The summed E-state index contributed by atoms with van der Waals surface area (Å²) in [7, 11) is 0. The van der Waals surface area contributed by atoms with Crippen LogP contribution in [0.3, 0.4) is 0 Å². The lowest BCUT2D eigenvalue weighted by molar-refractivity contribution is 0.282. The number of aliphatic hydroxyl groups excluding tert-OH is 1. The van der Waals surface area contributed by atoms with Crippen LogP contribution >= 0.6 is 23.2 Å². The molecule has 0 bridgehead atoms. The Morgan fingerprint density at radius 2 is 1.93 bits per heavy atom. The maximum absolute atomic E-state index is 9.05. The van der Waals surface area contributed by atoms with Gasteiger partial charge in [-0.05, 0) is 6.07 Å². The molecule has 72 valence electrons. The van der Waals surface area contributed by atoms with E-state index in [-0.39, 0.29) is 11.8 Å². The molecule has 2 rings (SSSR count). The Morgan fingerprint density at radius 3 is 2.64 bits per heavy atom. The van der Waals surface area contributed by atoms with Gasteiger partial charge in [-0.1, -0.05) is 41.4 Å². The van der Waals surface area contributed by atoms with Crippen LogP contribution in [0.1, 0.15) is 5.56 Å². The average Bonchev–Trinajstić information content (AvgIpc) is 2.18. The van der Waals surface area contributed by atoms with E-state index in [1.807, 2.05) is 24.3 Å². The van der Waals surface area contributed by atoms with Crippen LogP contribution in [0.5, 0.6) is 0 Å². The maximum Gasteiger partial charge on any atom is 0.136 e. The number of fused-ring (bicyclic) bond motifs is 1. The quantitative estimate of drug-likeness (QED) is 0.761. The Morgan fingerprint density at radius 1 is 1.21 bits per heavy atom. The number of halogens is 2. The molecule has 0 amide bonds. The van der Waals surface area contributed by atoms with Crippen LogP contribution in [0.2, 0.25) is 10.2 Å². The molecule has 0 radical (unpaired) electrons. The van der Waals surface area contributed by atoms with Crippen molar-refractivity contribution in [3.63, 3.8) is 0 Å². The average molecular weight is 228 g/mol. The minimum Gasteiger partial charge on any atom is -0.392 e. The summed E-state index contributed by atoms with van der Waals surface area (Å²) in [5, 5.41) is 10.6. The number of nitrogens with zero attached hydrogens (tertiary/aromatic N) is 1. The Balaban J connectivity index is 2.86. The third-order valence-electron chi connectivity index (χ3n) is 2.03. The van der Waals surface area contributed by atoms with E-state index in [1.54, 1.807) is 0 Å². The summed E-state index contributed by atoms with van der Waals surface area (Å²) in [5.74, 6) is 0. The molecule has 0 aliphatic carbocycles. The standard InChI is InChI=1S/C10H7Cl2NO/c11-9-6-3-1-2-4-8(6)13-10(12)7(9)5-14/h1-4,14H,5H2. The predicted molar refractivity (Wildman–Crippen MR) is 57.7 cm³/mol. The largest absolute Gasteiger partial charge is 0.392 e. The Labute approximate surface area is 91.1 Å². The van der Waals surface area contributed by atoms with E-state index in [2.05, 4.69) is 4.98 Å². The first-order chi connectivity index (χ1) is 6.74. The lowest BCUT2D eigenvalue weighted by atomic mass is 10.1. The van der Waals surface area contributed by atoms with Crippen LogP contribution in [0, 0.1) is 0 Å². The summed E-state index contributed by atoms with van der Waals surface area (Å²) in [5.41, 5.74) is 1.21. The second-order valence-corrected chi connectivity index (χ2v) is 3.61. The van der Waals surface area contributed by atoms with Crippen LogP contribution in [-0.4, -0.2) is 10.1 Å². The normalized spacial score (nSPS) is 10.8. The van der Waals surface area contributed by atoms with Gasteiger partial charge < -0.3 is 5.11 Å². The number of pyridine rings is 1. The zero-order valence-corrected chi connectivity index (χ0v) is 8.68. The van der Waals surface area contributed by atoms with Gasteiger partial charge in [-0.2, -0.15) is 0 Å². The van der Waals surface area contributed by atoms with Crippen LogP contribution in [0.4, 0.5) is 0 Å². The van der Waals surface area contributed by atoms with Crippen molar-refractivity contribution in [2.75, 3.05) is 0 Å². The number of aromatic nitrogens is 1. The second-order valence-electron chi connectivity index (χ2n) is 2.87. The van der Waals surface area contributed by atoms with Crippen molar-refractivity contribution in [1.29, 1.82) is 0 Å². The summed E-state index contributed by atoms with van der Waals surface area (Å²) in [6.45, 7) is -0.199. The fraction of sp³-hybridized carbons (Fsp3) is 0.100. The van der Waals surface area contributed by atoms with Crippen molar-refractivity contribution < 1.29 is 5.11 Å². The predicted octanol–water partition coefficient (Wildman–Crippen LogP) is 3.03. The van der Waals surface area contributed by atoms with Crippen molar-refractivity contribution in [2.45, 2.75) is 6.61 Å². The first-order valence-electron chi connectivity index (χ1n) is 4.07. The molecule has 2 nitrogen and oxygen atoms in total. The molecule has 1 aromatic carbocycles. The Kier molecular flexibility index (Phi) is 2.59. The summed E-state index contributed by atoms with van der Waals surface area (Å²) in [4.78, 5) is 4.13. The fourth-order valence-electron chi connectivity index (χ4n) is 1.32. The number of hydrogen-bond donors (Lipinski definition) is 1. The number of aliphatic hydroxyl groups is 1. The van der Waals surface area contributed by atoms with Gasteiger partial charge in [0.2, 0.25) is 0 Å². The molecule has 2 aromatic rings. The molecule has 0 atom stereocenters. The molecule has 0 fully saturated rings. The van der Waals surface area contributed by atoms with Crippen LogP contribution in [0.15, 0.2) is 24.3 Å². The molecule has 0 unspecified atom stereocenters. The van der Waals surface area contributed by atoms with Gasteiger partial charge in [0.25, 0.3) is 0 Å². The molecule has 1 heterocycles. The minimum absolute atomic E-state index is 0.199. The van der Waals surface area contributed by atoms with Gasteiger partial charge in [0.15, 0.2) is 0 Å². The van der Waals surface area contributed by atoms with Crippen LogP contribution in [0.25, 0.3) is 10.9 Å². The van der Waals surface area contributed by atoms with E-state index in [9.17, 15) is 0 Å². The molecule has 0 aliphatic heterocycles. The van der Waals surface area contributed by atoms with Gasteiger partial charge in [0, 0.05) is 10.9 Å². The van der Waals surface area contributed by atoms with E-state index < -0.39 is 0 Å².